The maximum absolute atomic E-state index is 12.7. The molecule has 0 radical (unpaired) electrons. The average molecular weight is 357 g/mol. The molecule has 0 spiro atoms. The fraction of sp³-hybridized carbons (Fsp3) is 0.353. The minimum Gasteiger partial charge on any atom is -0.611 e. The first-order valence-electron chi connectivity index (χ1n) is 8.28. The van der Waals surface area contributed by atoms with E-state index in [1.165, 1.54) is 0 Å². The molecule has 3 aromatic rings. The third kappa shape index (κ3) is 3.08. The van der Waals surface area contributed by atoms with Crippen molar-refractivity contribution in [2.45, 2.75) is 11.8 Å². The third-order valence-electron chi connectivity index (χ3n) is 4.27. The molecule has 4 rings (SSSR count). The molecular weight excluding hydrogens is 338 g/mol. The first-order valence-corrected chi connectivity index (χ1v) is 9.60. The summed E-state index contributed by atoms with van der Waals surface area (Å²) in [5, 5.41) is 7.83. The first kappa shape index (κ1) is 16.3. The molecule has 1 atom stereocenters. The van der Waals surface area contributed by atoms with Crippen LogP contribution >= 0.6 is 0 Å². The van der Waals surface area contributed by atoms with Crippen LogP contribution in [0.2, 0.25) is 0 Å². The van der Waals surface area contributed by atoms with Crippen molar-refractivity contribution in [1.82, 2.24) is 20.2 Å². The van der Waals surface area contributed by atoms with Crippen LogP contribution in [0, 0.1) is 0 Å². The van der Waals surface area contributed by atoms with Gasteiger partial charge in [0.05, 0.1) is 24.3 Å². The van der Waals surface area contributed by atoms with Crippen LogP contribution in [0.15, 0.2) is 35.5 Å². The molecule has 0 saturated carbocycles. The Morgan fingerprint density at radius 1 is 1.28 bits per heavy atom. The van der Waals surface area contributed by atoms with Gasteiger partial charge in [0.15, 0.2) is 4.90 Å². The quantitative estimate of drug-likeness (QED) is 0.718. The summed E-state index contributed by atoms with van der Waals surface area (Å²) in [6, 6.07) is 5.69. The number of hydrogen-bond donors (Lipinski definition) is 1. The Hall–Kier alpha value is -2.16. The highest BCUT2D eigenvalue weighted by Crippen LogP contribution is 2.32. The van der Waals surface area contributed by atoms with Crippen LogP contribution in [-0.2, 0) is 15.9 Å². The van der Waals surface area contributed by atoms with Gasteiger partial charge in [0, 0.05) is 31.5 Å². The highest BCUT2D eigenvalue weighted by atomic mass is 32.2. The zero-order valence-corrected chi connectivity index (χ0v) is 14.8. The number of aromatic amines is 1. The fourth-order valence-corrected chi connectivity index (χ4v) is 3.95. The number of fused-ring (bicyclic) bond motifs is 1. The summed E-state index contributed by atoms with van der Waals surface area (Å²) in [6.07, 6.45) is 3.41. The largest absolute Gasteiger partial charge is 0.611 e. The number of ether oxygens (including phenoxy) is 1. The Balaban J connectivity index is 1.93. The van der Waals surface area contributed by atoms with Gasteiger partial charge in [0.1, 0.15) is 22.8 Å². The summed E-state index contributed by atoms with van der Waals surface area (Å²) in [5.41, 5.74) is 2.26. The highest BCUT2D eigenvalue weighted by molar-refractivity contribution is 7.91. The molecule has 0 aliphatic carbocycles. The van der Waals surface area contributed by atoms with E-state index in [0.717, 1.165) is 46.1 Å². The Bertz CT molecular complexity index is 865. The molecule has 0 aromatic carbocycles. The maximum atomic E-state index is 12.7. The number of H-pyrrole nitrogens is 1. The summed E-state index contributed by atoms with van der Waals surface area (Å²) in [5.74, 6) is 1.38. The van der Waals surface area contributed by atoms with Crippen LogP contribution in [-0.4, -0.2) is 56.8 Å². The van der Waals surface area contributed by atoms with Gasteiger partial charge in [-0.15, -0.1) is 0 Å². The number of rotatable bonds is 4. The minimum absolute atomic E-state index is 0.559. The molecule has 25 heavy (non-hydrogen) atoms. The average Bonchev–Trinajstić information content (AvgIpc) is 3.21. The van der Waals surface area contributed by atoms with Gasteiger partial charge in [-0.1, -0.05) is 0 Å². The smallest absolute Gasteiger partial charge is 0.165 e. The van der Waals surface area contributed by atoms with Gasteiger partial charge in [-0.25, -0.2) is 4.98 Å². The molecule has 1 unspecified atom stereocenters. The van der Waals surface area contributed by atoms with E-state index < -0.39 is 11.2 Å². The van der Waals surface area contributed by atoms with E-state index >= 15 is 0 Å². The molecule has 130 valence electrons. The molecule has 1 saturated heterocycles. The molecule has 1 fully saturated rings. The monoisotopic (exact) mass is 357 g/mol. The van der Waals surface area contributed by atoms with Gasteiger partial charge in [0.25, 0.3) is 0 Å². The van der Waals surface area contributed by atoms with Gasteiger partial charge in [-0.05, 0) is 30.2 Å². The number of morpholine rings is 1. The van der Waals surface area contributed by atoms with E-state index in [-0.39, 0.29) is 0 Å². The van der Waals surface area contributed by atoms with Crippen molar-refractivity contribution in [2.75, 3.05) is 37.0 Å². The first-order chi connectivity index (χ1) is 12.3. The summed E-state index contributed by atoms with van der Waals surface area (Å²) in [4.78, 5) is 12.3. The van der Waals surface area contributed by atoms with Crippen molar-refractivity contribution in [1.29, 1.82) is 0 Å². The summed E-state index contributed by atoms with van der Waals surface area (Å²) in [7, 11) is 0. The van der Waals surface area contributed by atoms with Gasteiger partial charge in [-0.2, -0.15) is 5.10 Å². The number of nitrogens with one attached hydrogen (secondary N) is 1. The summed E-state index contributed by atoms with van der Waals surface area (Å²) in [6.45, 7) is 4.82. The number of anilines is 1. The lowest BCUT2D eigenvalue weighted by molar-refractivity contribution is 0.122. The second kappa shape index (κ2) is 6.99. The topological polar surface area (TPSA) is 90.0 Å². The zero-order chi connectivity index (χ0) is 17.2. The Morgan fingerprint density at radius 2 is 2.12 bits per heavy atom. The molecule has 0 amide bonds. The number of aromatic nitrogens is 4. The van der Waals surface area contributed by atoms with E-state index in [2.05, 4.69) is 20.1 Å². The molecule has 3 aromatic heterocycles. The Labute approximate surface area is 148 Å². The normalized spacial score (nSPS) is 16.3. The summed E-state index contributed by atoms with van der Waals surface area (Å²) < 4.78 is 18.1. The molecule has 4 heterocycles. The minimum atomic E-state index is -1.09. The van der Waals surface area contributed by atoms with Crippen LogP contribution < -0.4 is 4.90 Å². The van der Waals surface area contributed by atoms with Crippen molar-refractivity contribution < 1.29 is 9.29 Å². The zero-order valence-electron chi connectivity index (χ0n) is 13.9. The SMILES string of the molecule is CC[S+]([O-])c1cc(N2CCOCC2)nc2c(-c3ccn[nH]3)nccc12. The lowest BCUT2D eigenvalue weighted by Crippen LogP contribution is -2.36. The van der Waals surface area contributed by atoms with Crippen molar-refractivity contribution in [3.63, 3.8) is 0 Å². The summed E-state index contributed by atoms with van der Waals surface area (Å²) >= 11 is -1.09. The van der Waals surface area contributed by atoms with Crippen molar-refractivity contribution >= 4 is 27.9 Å². The standard InChI is InChI=1S/C17H19N5O2S/c1-2-25(23)14-11-15(22-7-9-24-10-8-22)20-16-12(14)3-5-18-17(16)13-4-6-19-21-13/h3-6,11H,2,7-10H2,1H3,(H,19,21). The molecule has 7 nitrogen and oxygen atoms in total. The molecule has 1 aliphatic rings. The van der Waals surface area contributed by atoms with Crippen molar-refractivity contribution in [3.05, 3.63) is 30.6 Å². The number of nitrogens with zero attached hydrogens (tertiary/aromatic N) is 4. The van der Waals surface area contributed by atoms with E-state index in [1.807, 2.05) is 25.1 Å². The lowest BCUT2D eigenvalue weighted by Gasteiger charge is -2.28. The van der Waals surface area contributed by atoms with Crippen molar-refractivity contribution in [3.8, 4) is 11.4 Å². The van der Waals surface area contributed by atoms with Gasteiger partial charge in [-0.3, -0.25) is 10.1 Å². The van der Waals surface area contributed by atoms with E-state index in [1.54, 1.807) is 12.4 Å². The molecule has 1 aliphatic heterocycles. The predicted octanol–water partition coefficient (Wildman–Crippen LogP) is 1.98. The van der Waals surface area contributed by atoms with Crippen LogP contribution in [0.3, 0.4) is 0 Å². The van der Waals surface area contributed by atoms with E-state index in [4.69, 9.17) is 9.72 Å². The van der Waals surface area contributed by atoms with Crippen molar-refractivity contribution in [2.24, 2.45) is 0 Å². The maximum Gasteiger partial charge on any atom is 0.165 e. The van der Waals surface area contributed by atoms with E-state index in [0.29, 0.717) is 19.0 Å². The molecule has 8 heteroatoms. The van der Waals surface area contributed by atoms with Crippen LogP contribution in [0.1, 0.15) is 6.92 Å². The number of hydrogen-bond acceptors (Lipinski definition) is 6. The second-order valence-electron chi connectivity index (χ2n) is 5.74. The number of pyridine rings is 2. The second-order valence-corrected chi connectivity index (χ2v) is 7.45. The molecule has 1 N–H and O–H groups in total. The van der Waals surface area contributed by atoms with E-state index in [9.17, 15) is 4.55 Å². The lowest BCUT2D eigenvalue weighted by atomic mass is 10.1. The molecule has 0 bridgehead atoms. The van der Waals surface area contributed by atoms with Crippen LogP contribution in [0.4, 0.5) is 5.82 Å². The van der Waals surface area contributed by atoms with Gasteiger partial charge < -0.3 is 14.2 Å². The highest BCUT2D eigenvalue weighted by Gasteiger charge is 2.22. The predicted molar refractivity (Wildman–Crippen MR) is 97.1 cm³/mol. The van der Waals surface area contributed by atoms with Gasteiger partial charge in [0.2, 0.25) is 0 Å². The Kier molecular flexibility index (Phi) is 4.56. The van der Waals surface area contributed by atoms with Gasteiger partial charge >= 0.3 is 0 Å². The Morgan fingerprint density at radius 3 is 2.84 bits per heavy atom. The fourth-order valence-electron chi connectivity index (χ4n) is 2.99. The van der Waals surface area contributed by atoms with Crippen LogP contribution in [0.5, 0.6) is 0 Å². The molecular formula is C17H19N5O2S. The van der Waals surface area contributed by atoms with Crippen LogP contribution in [0.25, 0.3) is 22.3 Å². The third-order valence-corrected chi connectivity index (χ3v) is 5.63.